The topological polar surface area (TPSA) is 104 Å². The van der Waals surface area contributed by atoms with Gasteiger partial charge in [-0.2, -0.15) is 4.98 Å². The molecule has 0 spiro atoms. The lowest BCUT2D eigenvalue weighted by atomic mass is 9.98. The van der Waals surface area contributed by atoms with Crippen LogP contribution in [0.25, 0.3) is 11.4 Å². The first-order valence-electron chi connectivity index (χ1n) is 6.49. The van der Waals surface area contributed by atoms with Gasteiger partial charge >= 0.3 is 0 Å². The average molecular weight is 275 g/mol. The minimum atomic E-state index is 0.177. The minimum Gasteiger partial charge on any atom is -0.504 e. The highest BCUT2D eigenvalue weighted by Crippen LogP contribution is 2.51. The summed E-state index contributed by atoms with van der Waals surface area (Å²) in [6, 6.07) is 0. The van der Waals surface area contributed by atoms with E-state index in [1.165, 1.54) is 0 Å². The first-order chi connectivity index (χ1) is 9.79. The van der Waals surface area contributed by atoms with Crippen LogP contribution in [0.4, 0.5) is 0 Å². The van der Waals surface area contributed by atoms with Gasteiger partial charge < -0.3 is 24.8 Å². The summed E-state index contributed by atoms with van der Waals surface area (Å²) in [6.07, 6.45) is 1.33. The van der Waals surface area contributed by atoms with Crippen molar-refractivity contribution in [3.05, 3.63) is 17.0 Å². The van der Waals surface area contributed by atoms with Gasteiger partial charge in [0, 0.05) is 24.0 Å². The van der Waals surface area contributed by atoms with Crippen LogP contribution in [0, 0.1) is 0 Å². The second-order valence-corrected chi connectivity index (χ2v) is 4.75. The molecule has 2 aliphatic rings. The number of ether oxygens (including phenoxy) is 2. The Labute approximate surface area is 114 Å². The Kier molecular flexibility index (Phi) is 2.37. The van der Waals surface area contributed by atoms with Crippen molar-refractivity contribution in [1.82, 2.24) is 10.1 Å². The Morgan fingerprint density at radius 1 is 1.10 bits per heavy atom. The van der Waals surface area contributed by atoms with E-state index in [2.05, 4.69) is 10.1 Å². The zero-order valence-electron chi connectivity index (χ0n) is 10.7. The molecule has 2 aromatic rings. The summed E-state index contributed by atoms with van der Waals surface area (Å²) in [7, 11) is 0. The third kappa shape index (κ3) is 1.44. The van der Waals surface area contributed by atoms with E-state index in [-0.39, 0.29) is 12.3 Å². The molecule has 1 aromatic heterocycles. The van der Waals surface area contributed by atoms with E-state index in [0.29, 0.717) is 49.3 Å². The lowest BCUT2D eigenvalue weighted by Crippen LogP contribution is -1.97. The van der Waals surface area contributed by atoms with Gasteiger partial charge in [-0.1, -0.05) is 5.16 Å². The van der Waals surface area contributed by atoms with Crippen molar-refractivity contribution in [1.29, 1.82) is 0 Å². The number of aromatic nitrogens is 2. The van der Waals surface area contributed by atoms with Crippen LogP contribution in [0.2, 0.25) is 0 Å². The number of nitrogens with two attached hydrogens (primary N) is 1. The fraction of sp³-hybridized carbons (Fsp3) is 0.385. The lowest BCUT2D eigenvalue weighted by Gasteiger charge is -2.11. The summed E-state index contributed by atoms with van der Waals surface area (Å²) in [5.41, 5.74) is 7.87. The maximum atomic E-state index is 10.3. The second kappa shape index (κ2) is 4.11. The third-order valence-corrected chi connectivity index (χ3v) is 3.64. The van der Waals surface area contributed by atoms with Gasteiger partial charge in [0.1, 0.15) is 5.75 Å². The normalized spacial score (nSPS) is 15.7. The average Bonchev–Trinajstić information content (AvgIpc) is 3.19. The van der Waals surface area contributed by atoms with Crippen molar-refractivity contribution in [2.75, 3.05) is 13.2 Å². The van der Waals surface area contributed by atoms with Crippen molar-refractivity contribution in [3.8, 4) is 28.6 Å². The minimum absolute atomic E-state index is 0.177. The van der Waals surface area contributed by atoms with Gasteiger partial charge in [-0.05, 0) is 0 Å². The SMILES string of the molecule is NCc1nc(-c2c3c(c(O)c4c2OCC4)OCC3)no1. The Balaban J connectivity index is 1.99. The van der Waals surface area contributed by atoms with Gasteiger partial charge in [0.2, 0.25) is 11.7 Å². The predicted molar refractivity (Wildman–Crippen MR) is 67.7 cm³/mol. The molecule has 0 fully saturated rings. The van der Waals surface area contributed by atoms with E-state index in [1.54, 1.807) is 0 Å². The molecule has 0 bridgehead atoms. The van der Waals surface area contributed by atoms with Crippen molar-refractivity contribution in [3.63, 3.8) is 0 Å². The molecule has 4 rings (SSSR count). The van der Waals surface area contributed by atoms with Gasteiger partial charge in [-0.3, -0.25) is 0 Å². The Morgan fingerprint density at radius 3 is 2.60 bits per heavy atom. The number of aromatic hydroxyl groups is 1. The molecule has 0 unspecified atom stereocenters. The molecule has 0 radical (unpaired) electrons. The fourth-order valence-electron chi connectivity index (χ4n) is 2.76. The number of fused-ring (bicyclic) bond motifs is 2. The first-order valence-corrected chi connectivity index (χ1v) is 6.49. The van der Waals surface area contributed by atoms with Gasteiger partial charge in [0.25, 0.3) is 0 Å². The maximum Gasteiger partial charge on any atom is 0.240 e. The first kappa shape index (κ1) is 11.5. The predicted octanol–water partition coefficient (Wildman–Crippen LogP) is 0.771. The van der Waals surface area contributed by atoms with E-state index in [0.717, 1.165) is 16.7 Å². The quantitative estimate of drug-likeness (QED) is 0.834. The van der Waals surface area contributed by atoms with Crippen LogP contribution in [0.15, 0.2) is 4.52 Å². The summed E-state index contributed by atoms with van der Waals surface area (Å²) in [6.45, 7) is 1.24. The van der Waals surface area contributed by atoms with Crippen LogP contribution < -0.4 is 15.2 Å². The van der Waals surface area contributed by atoms with Gasteiger partial charge in [-0.25, -0.2) is 0 Å². The van der Waals surface area contributed by atoms with E-state index in [9.17, 15) is 5.11 Å². The molecule has 7 heteroatoms. The van der Waals surface area contributed by atoms with Gasteiger partial charge in [0.15, 0.2) is 11.5 Å². The summed E-state index contributed by atoms with van der Waals surface area (Å²) in [4.78, 5) is 4.26. The Morgan fingerprint density at radius 2 is 1.85 bits per heavy atom. The molecule has 1 aromatic carbocycles. The largest absolute Gasteiger partial charge is 0.504 e. The highest BCUT2D eigenvalue weighted by molar-refractivity contribution is 5.79. The van der Waals surface area contributed by atoms with Crippen LogP contribution in [0.3, 0.4) is 0 Å². The zero-order chi connectivity index (χ0) is 13.7. The van der Waals surface area contributed by atoms with E-state index in [1.807, 2.05) is 0 Å². The summed E-state index contributed by atoms with van der Waals surface area (Å²) >= 11 is 0. The molecule has 20 heavy (non-hydrogen) atoms. The lowest BCUT2D eigenvalue weighted by molar-refractivity contribution is 0.333. The zero-order valence-corrected chi connectivity index (χ0v) is 10.7. The summed E-state index contributed by atoms with van der Waals surface area (Å²) < 4.78 is 16.3. The molecular weight excluding hydrogens is 262 g/mol. The summed E-state index contributed by atoms with van der Waals surface area (Å²) in [5.74, 6) is 2.13. The number of phenolic OH excluding ortho intramolecular Hbond substituents is 1. The van der Waals surface area contributed by atoms with Crippen LogP contribution in [0.5, 0.6) is 17.2 Å². The molecule has 0 amide bonds. The Hall–Kier alpha value is -2.28. The molecule has 3 heterocycles. The Bertz CT molecular complexity index is 660. The van der Waals surface area contributed by atoms with Crippen LogP contribution in [0.1, 0.15) is 17.0 Å². The van der Waals surface area contributed by atoms with Crippen LogP contribution >= 0.6 is 0 Å². The van der Waals surface area contributed by atoms with Crippen molar-refractivity contribution in [2.45, 2.75) is 19.4 Å². The number of phenols is 1. The number of nitrogens with zero attached hydrogens (tertiary/aromatic N) is 2. The van der Waals surface area contributed by atoms with Crippen LogP contribution in [-0.4, -0.2) is 28.5 Å². The molecule has 0 aliphatic carbocycles. The standard InChI is InChI=1S/C13H13N3O4/c14-5-8-15-13(16-20-8)9-6-1-3-19-12(6)10(17)7-2-4-18-11(7)9/h17H,1-5,14H2. The number of hydrogen-bond acceptors (Lipinski definition) is 7. The molecule has 3 N–H and O–H groups in total. The molecule has 0 saturated carbocycles. The molecule has 104 valence electrons. The van der Waals surface area contributed by atoms with E-state index in [4.69, 9.17) is 19.7 Å². The molecule has 0 atom stereocenters. The summed E-state index contributed by atoms with van der Waals surface area (Å²) in [5, 5.41) is 14.2. The fourth-order valence-corrected chi connectivity index (χ4v) is 2.76. The van der Waals surface area contributed by atoms with Crippen molar-refractivity contribution in [2.24, 2.45) is 5.73 Å². The van der Waals surface area contributed by atoms with Crippen molar-refractivity contribution < 1.29 is 19.1 Å². The van der Waals surface area contributed by atoms with Crippen LogP contribution in [-0.2, 0) is 19.4 Å². The molecule has 0 saturated heterocycles. The molecule has 2 aliphatic heterocycles. The van der Waals surface area contributed by atoms with Gasteiger partial charge in [0.05, 0.1) is 25.3 Å². The van der Waals surface area contributed by atoms with Crippen molar-refractivity contribution >= 4 is 0 Å². The maximum absolute atomic E-state index is 10.3. The van der Waals surface area contributed by atoms with E-state index >= 15 is 0 Å². The second-order valence-electron chi connectivity index (χ2n) is 4.75. The van der Waals surface area contributed by atoms with Gasteiger partial charge in [-0.15, -0.1) is 0 Å². The monoisotopic (exact) mass is 275 g/mol. The molecular formula is C13H13N3O4. The number of benzene rings is 1. The van der Waals surface area contributed by atoms with E-state index < -0.39 is 0 Å². The number of rotatable bonds is 2. The smallest absolute Gasteiger partial charge is 0.240 e. The molecule has 7 nitrogen and oxygen atoms in total. The third-order valence-electron chi connectivity index (χ3n) is 3.64. The number of hydrogen-bond donors (Lipinski definition) is 2. The highest BCUT2D eigenvalue weighted by atomic mass is 16.5. The highest BCUT2D eigenvalue weighted by Gasteiger charge is 2.33.